The van der Waals surface area contributed by atoms with Crippen LogP contribution in [-0.2, 0) is 19.5 Å². The Bertz CT molecular complexity index is 725. The summed E-state index contributed by atoms with van der Waals surface area (Å²) in [6.07, 6.45) is 7.40. The van der Waals surface area contributed by atoms with Gasteiger partial charge < -0.3 is 15.5 Å². The molecule has 0 aliphatic carbocycles. The Labute approximate surface area is 153 Å². The fourth-order valence-electron chi connectivity index (χ4n) is 2.67. The highest BCUT2D eigenvalue weighted by molar-refractivity contribution is 7.11. The number of hydrogen-bond acceptors (Lipinski definition) is 4. The summed E-state index contributed by atoms with van der Waals surface area (Å²) < 4.78 is 0. The maximum absolute atomic E-state index is 4.42. The standard InChI is InChI=1S/C19H25N5S/c1-3-17-13-21-18(25-17)14-23-19(20-2)22-12-15-6-8-16(9-7-15)24-10-4-5-11-24/h4-9,13H,3,10-12,14H2,1-2H3,(H2,20,22,23). The molecule has 0 spiro atoms. The van der Waals surface area contributed by atoms with E-state index in [0.29, 0.717) is 6.54 Å². The Morgan fingerprint density at radius 1 is 1.16 bits per heavy atom. The number of nitrogens with one attached hydrogen (secondary N) is 2. The summed E-state index contributed by atoms with van der Waals surface area (Å²) in [5.74, 6) is 0.793. The number of benzene rings is 1. The monoisotopic (exact) mass is 355 g/mol. The van der Waals surface area contributed by atoms with E-state index in [-0.39, 0.29) is 0 Å². The second-order valence-electron chi connectivity index (χ2n) is 5.90. The third kappa shape index (κ3) is 4.82. The van der Waals surface area contributed by atoms with Gasteiger partial charge in [0, 0.05) is 43.4 Å². The highest BCUT2D eigenvalue weighted by Gasteiger charge is 2.07. The minimum Gasteiger partial charge on any atom is -0.364 e. The molecule has 0 amide bonds. The molecule has 3 rings (SSSR count). The predicted octanol–water partition coefficient (Wildman–Crippen LogP) is 2.95. The van der Waals surface area contributed by atoms with Crippen LogP contribution in [0.4, 0.5) is 5.69 Å². The average Bonchev–Trinajstić information content (AvgIpc) is 3.34. The number of nitrogens with zero attached hydrogens (tertiary/aromatic N) is 3. The van der Waals surface area contributed by atoms with Crippen molar-refractivity contribution >= 4 is 23.0 Å². The Balaban J connectivity index is 1.47. The van der Waals surface area contributed by atoms with Crippen molar-refractivity contribution in [2.75, 3.05) is 25.0 Å². The van der Waals surface area contributed by atoms with Crippen molar-refractivity contribution in [3.63, 3.8) is 0 Å². The van der Waals surface area contributed by atoms with Crippen LogP contribution < -0.4 is 15.5 Å². The van der Waals surface area contributed by atoms with Gasteiger partial charge in [0.25, 0.3) is 0 Å². The van der Waals surface area contributed by atoms with Gasteiger partial charge >= 0.3 is 0 Å². The van der Waals surface area contributed by atoms with E-state index < -0.39 is 0 Å². The molecule has 1 aromatic carbocycles. The number of aliphatic imine (C=N–C) groups is 1. The summed E-state index contributed by atoms with van der Waals surface area (Å²) in [5, 5.41) is 7.76. The molecule has 132 valence electrons. The van der Waals surface area contributed by atoms with Crippen molar-refractivity contribution in [2.45, 2.75) is 26.4 Å². The number of anilines is 1. The summed E-state index contributed by atoms with van der Waals surface area (Å²) in [7, 11) is 1.79. The van der Waals surface area contributed by atoms with E-state index in [1.54, 1.807) is 18.4 Å². The number of aryl methyl sites for hydroxylation is 1. The summed E-state index contributed by atoms with van der Waals surface area (Å²) in [6.45, 7) is 5.60. The van der Waals surface area contributed by atoms with E-state index in [4.69, 9.17) is 0 Å². The number of aromatic nitrogens is 1. The fourth-order valence-corrected chi connectivity index (χ4v) is 3.47. The van der Waals surface area contributed by atoms with E-state index in [9.17, 15) is 0 Å². The highest BCUT2D eigenvalue weighted by atomic mass is 32.1. The van der Waals surface area contributed by atoms with Crippen LogP contribution in [0.15, 0.2) is 47.6 Å². The van der Waals surface area contributed by atoms with Crippen LogP contribution in [0.1, 0.15) is 22.4 Å². The van der Waals surface area contributed by atoms with Crippen molar-refractivity contribution in [1.82, 2.24) is 15.6 Å². The van der Waals surface area contributed by atoms with Crippen molar-refractivity contribution in [3.8, 4) is 0 Å². The molecular weight excluding hydrogens is 330 g/mol. The number of hydrogen-bond donors (Lipinski definition) is 2. The molecule has 5 nitrogen and oxygen atoms in total. The Morgan fingerprint density at radius 2 is 1.88 bits per heavy atom. The van der Waals surface area contributed by atoms with E-state index in [1.165, 1.54) is 16.1 Å². The van der Waals surface area contributed by atoms with Crippen LogP contribution in [0.5, 0.6) is 0 Å². The molecule has 2 heterocycles. The van der Waals surface area contributed by atoms with Gasteiger partial charge in [0.15, 0.2) is 5.96 Å². The maximum Gasteiger partial charge on any atom is 0.191 e. The third-order valence-corrected chi connectivity index (χ3v) is 5.30. The van der Waals surface area contributed by atoms with Crippen LogP contribution >= 0.6 is 11.3 Å². The van der Waals surface area contributed by atoms with Crippen LogP contribution in [0.3, 0.4) is 0 Å². The zero-order valence-electron chi connectivity index (χ0n) is 14.8. The lowest BCUT2D eigenvalue weighted by Crippen LogP contribution is -2.36. The molecule has 2 N–H and O–H groups in total. The Hall–Kier alpha value is -2.34. The molecule has 2 aromatic rings. The first-order valence-corrected chi connectivity index (χ1v) is 9.47. The molecule has 0 fully saturated rings. The van der Waals surface area contributed by atoms with Gasteiger partial charge in [-0.25, -0.2) is 4.98 Å². The minimum absolute atomic E-state index is 0.700. The molecule has 6 heteroatoms. The van der Waals surface area contributed by atoms with Crippen molar-refractivity contribution in [1.29, 1.82) is 0 Å². The summed E-state index contributed by atoms with van der Waals surface area (Å²) >= 11 is 1.75. The third-order valence-electron chi connectivity index (χ3n) is 4.16. The molecule has 0 bridgehead atoms. The van der Waals surface area contributed by atoms with Crippen LogP contribution in [0.25, 0.3) is 0 Å². The average molecular weight is 356 g/mol. The topological polar surface area (TPSA) is 52.6 Å². The van der Waals surface area contributed by atoms with Gasteiger partial charge in [0.1, 0.15) is 5.01 Å². The summed E-state index contributed by atoms with van der Waals surface area (Å²) in [6, 6.07) is 8.70. The molecule has 25 heavy (non-hydrogen) atoms. The van der Waals surface area contributed by atoms with Gasteiger partial charge in [0.05, 0.1) is 6.54 Å². The number of thiazole rings is 1. The number of rotatable bonds is 6. The van der Waals surface area contributed by atoms with Crippen LogP contribution in [-0.4, -0.2) is 31.1 Å². The molecule has 1 aliphatic rings. The molecular formula is C19H25N5S. The molecule has 1 aromatic heterocycles. The molecule has 0 atom stereocenters. The van der Waals surface area contributed by atoms with E-state index in [0.717, 1.165) is 37.0 Å². The quantitative estimate of drug-likeness (QED) is 0.475. The largest absolute Gasteiger partial charge is 0.364 e. The van der Waals surface area contributed by atoms with Crippen LogP contribution in [0, 0.1) is 0 Å². The predicted molar refractivity (Wildman–Crippen MR) is 106 cm³/mol. The molecule has 1 aliphatic heterocycles. The van der Waals surface area contributed by atoms with Crippen molar-refractivity contribution in [2.24, 2.45) is 4.99 Å². The minimum atomic E-state index is 0.700. The fraction of sp³-hybridized carbons (Fsp3) is 0.368. The maximum atomic E-state index is 4.42. The SMILES string of the molecule is CCc1cnc(CNC(=NC)NCc2ccc(N3CC=CC3)cc2)s1. The van der Waals surface area contributed by atoms with E-state index >= 15 is 0 Å². The van der Waals surface area contributed by atoms with Gasteiger partial charge in [-0.1, -0.05) is 31.2 Å². The Kier molecular flexibility index (Phi) is 6.06. The van der Waals surface area contributed by atoms with E-state index in [2.05, 4.69) is 68.9 Å². The molecule has 0 saturated carbocycles. The zero-order valence-corrected chi connectivity index (χ0v) is 15.6. The van der Waals surface area contributed by atoms with Crippen molar-refractivity contribution < 1.29 is 0 Å². The first kappa shape index (κ1) is 17.5. The normalized spacial score (nSPS) is 14.2. The van der Waals surface area contributed by atoms with Crippen molar-refractivity contribution in [3.05, 3.63) is 58.1 Å². The van der Waals surface area contributed by atoms with Gasteiger partial charge in [-0.2, -0.15) is 0 Å². The Morgan fingerprint density at radius 3 is 2.52 bits per heavy atom. The van der Waals surface area contributed by atoms with E-state index in [1.807, 2.05) is 6.20 Å². The summed E-state index contributed by atoms with van der Waals surface area (Å²) in [4.78, 5) is 12.4. The lowest BCUT2D eigenvalue weighted by molar-refractivity contribution is 0.805. The first-order chi connectivity index (χ1) is 12.3. The first-order valence-electron chi connectivity index (χ1n) is 8.65. The lowest BCUT2D eigenvalue weighted by Gasteiger charge is -2.18. The van der Waals surface area contributed by atoms with Gasteiger partial charge in [-0.3, -0.25) is 4.99 Å². The van der Waals surface area contributed by atoms with Gasteiger partial charge in [-0.15, -0.1) is 11.3 Å². The van der Waals surface area contributed by atoms with Crippen LogP contribution in [0.2, 0.25) is 0 Å². The second-order valence-corrected chi connectivity index (χ2v) is 7.10. The molecule has 0 saturated heterocycles. The summed E-state index contributed by atoms with van der Waals surface area (Å²) in [5.41, 5.74) is 2.51. The second kappa shape index (κ2) is 8.67. The smallest absolute Gasteiger partial charge is 0.191 e. The van der Waals surface area contributed by atoms with Gasteiger partial charge in [-0.05, 0) is 24.1 Å². The zero-order chi connectivity index (χ0) is 17.5. The number of guanidine groups is 1. The highest BCUT2D eigenvalue weighted by Crippen LogP contribution is 2.17. The van der Waals surface area contributed by atoms with Gasteiger partial charge in [0.2, 0.25) is 0 Å². The lowest BCUT2D eigenvalue weighted by atomic mass is 10.2. The molecule has 0 radical (unpaired) electrons. The molecule has 0 unspecified atom stereocenters.